The van der Waals surface area contributed by atoms with E-state index in [0.29, 0.717) is 11.6 Å². The number of nitrogens with one attached hydrogen (secondary N) is 1. The highest BCUT2D eigenvalue weighted by molar-refractivity contribution is 6.31. The van der Waals surface area contributed by atoms with Crippen LogP contribution in [0.15, 0.2) is 24.3 Å². The molecule has 4 nitrogen and oxygen atoms in total. The molecule has 1 heterocycles. The van der Waals surface area contributed by atoms with Crippen LogP contribution in [0.1, 0.15) is 33.3 Å². The fourth-order valence-electron chi connectivity index (χ4n) is 2.43. The molecule has 114 valence electrons. The molecule has 21 heavy (non-hydrogen) atoms. The highest BCUT2D eigenvalue weighted by Gasteiger charge is 2.43. The Hall–Kier alpha value is -1.55. The smallest absolute Gasteiger partial charge is 0.246 e. The van der Waals surface area contributed by atoms with E-state index in [4.69, 9.17) is 11.6 Å². The minimum atomic E-state index is -0.510. The summed E-state index contributed by atoms with van der Waals surface area (Å²) in [7, 11) is 0. The molecule has 1 aliphatic heterocycles. The van der Waals surface area contributed by atoms with Crippen LogP contribution in [0.3, 0.4) is 0 Å². The molecule has 2 amide bonds. The van der Waals surface area contributed by atoms with Crippen LogP contribution in [0.2, 0.25) is 5.02 Å². The maximum Gasteiger partial charge on any atom is 0.246 e. The second kappa shape index (κ2) is 5.68. The van der Waals surface area contributed by atoms with Crippen LogP contribution >= 0.6 is 11.6 Å². The predicted molar refractivity (Wildman–Crippen MR) is 82.8 cm³/mol. The Bertz CT molecular complexity index is 566. The summed E-state index contributed by atoms with van der Waals surface area (Å²) in [5.41, 5.74) is 0.521. The van der Waals surface area contributed by atoms with Crippen molar-refractivity contribution < 1.29 is 9.59 Å². The van der Waals surface area contributed by atoms with Crippen molar-refractivity contribution in [2.24, 2.45) is 5.41 Å². The van der Waals surface area contributed by atoms with Crippen LogP contribution in [0, 0.1) is 5.41 Å². The Morgan fingerprint density at radius 1 is 1.24 bits per heavy atom. The Morgan fingerprint density at radius 2 is 1.86 bits per heavy atom. The van der Waals surface area contributed by atoms with E-state index in [-0.39, 0.29) is 17.2 Å². The van der Waals surface area contributed by atoms with E-state index < -0.39 is 12.1 Å². The van der Waals surface area contributed by atoms with Gasteiger partial charge < -0.3 is 10.2 Å². The van der Waals surface area contributed by atoms with Gasteiger partial charge in [0.15, 0.2) is 0 Å². The summed E-state index contributed by atoms with van der Waals surface area (Å²) in [6, 6.07) is 6.38. The highest BCUT2D eigenvalue weighted by Crippen LogP contribution is 2.27. The van der Waals surface area contributed by atoms with Crippen molar-refractivity contribution in [1.82, 2.24) is 10.2 Å². The van der Waals surface area contributed by atoms with Gasteiger partial charge in [-0.3, -0.25) is 9.59 Å². The van der Waals surface area contributed by atoms with E-state index in [1.54, 1.807) is 17.9 Å². The lowest BCUT2D eigenvalue weighted by Gasteiger charge is -2.42. The van der Waals surface area contributed by atoms with Gasteiger partial charge in [-0.2, -0.15) is 0 Å². The number of carbonyl (C=O) groups is 2. The van der Waals surface area contributed by atoms with Crippen molar-refractivity contribution in [1.29, 1.82) is 0 Å². The van der Waals surface area contributed by atoms with Gasteiger partial charge in [-0.15, -0.1) is 0 Å². The maximum absolute atomic E-state index is 12.7. The van der Waals surface area contributed by atoms with Crippen molar-refractivity contribution in [2.45, 2.75) is 46.3 Å². The average molecular weight is 309 g/mol. The van der Waals surface area contributed by atoms with Gasteiger partial charge in [-0.1, -0.05) is 50.6 Å². The molecule has 0 spiro atoms. The van der Waals surface area contributed by atoms with Gasteiger partial charge in [-0.25, -0.2) is 0 Å². The molecule has 0 saturated carbocycles. The molecule has 0 bridgehead atoms. The van der Waals surface area contributed by atoms with Crippen molar-refractivity contribution >= 4 is 23.4 Å². The molecule has 2 rings (SSSR count). The van der Waals surface area contributed by atoms with Gasteiger partial charge in [0.05, 0.1) is 0 Å². The van der Waals surface area contributed by atoms with Gasteiger partial charge in [0.2, 0.25) is 11.8 Å². The van der Waals surface area contributed by atoms with Crippen molar-refractivity contribution in [2.75, 3.05) is 0 Å². The normalized spacial score (nSPS) is 23.2. The van der Waals surface area contributed by atoms with E-state index >= 15 is 0 Å². The average Bonchev–Trinajstić information content (AvgIpc) is 2.39. The Labute approximate surface area is 130 Å². The number of amides is 2. The van der Waals surface area contributed by atoms with Crippen LogP contribution in [-0.4, -0.2) is 28.8 Å². The topological polar surface area (TPSA) is 49.4 Å². The summed E-state index contributed by atoms with van der Waals surface area (Å²) in [5.74, 6) is -0.184. The van der Waals surface area contributed by atoms with Crippen molar-refractivity contribution in [3.8, 4) is 0 Å². The molecular formula is C16H21ClN2O2. The Morgan fingerprint density at radius 3 is 2.43 bits per heavy atom. The first-order valence-electron chi connectivity index (χ1n) is 7.06. The highest BCUT2D eigenvalue weighted by atomic mass is 35.5. The first-order chi connectivity index (χ1) is 9.71. The van der Waals surface area contributed by atoms with Crippen molar-refractivity contribution in [3.05, 3.63) is 34.9 Å². The number of nitrogens with zero attached hydrogens (tertiary/aromatic N) is 1. The van der Waals surface area contributed by atoms with Gasteiger partial charge in [0.1, 0.15) is 12.1 Å². The number of hydrogen-bond donors (Lipinski definition) is 1. The molecule has 1 aromatic rings. The fourth-order valence-corrected chi connectivity index (χ4v) is 2.63. The molecule has 1 aliphatic rings. The van der Waals surface area contributed by atoms with E-state index in [9.17, 15) is 9.59 Å². The quantitative estimate of drug-likeness (QED) is 0.913. The van der Waals surface area contributed by atoms with E-state index in [2.05, 4.69) is 5.32 Å². The molecule has 1 saturated heterocycles. The summed E-state index contributed by atoms with van der Waals surface area (Å²) in [4.78, 5) is 26.5. The van der Waals surface area contributed by atoms with Crippen LogP contribution < -0.4 is 5.32 Å². The molecule has 2 unspecified atom stereocenters. The summed E-state index contributed by atoms with van der Waals surface area (Å²) < 4.78 is 0. The zero-order chi connectivity index (χ0) is 15.8. The number of carbonyl (C=O) groups excluding carboxylic acids is 2. The lowest BCUT2D eigenvalue weighted by molar-refractivity contribution is -0.152. The third kappa shape index (κ3) is 3.21. The number of benzene rings is 1. The number of rotatable bonds is 2. The number of hydrogen-bond acceptors (Lipinski definition) is 2. The van der Waals surface area contributed by atoms with E-state index in [1.165, 1.54) is 0 Å². The monoisotopic (exact) mass is 308 g/mol. The lowest BCUT2D eigenvalue weighted by atomic mass is 9.84. The summed E-state index contributed by atoms with van der Waals surface area (Å²) in [5, 5.41) is 3.43. The first-order valence-corrected chi connectivity index (χ1v) is 7.44. The molecule has 1 aromatic carbocycles. The van der Waals surface area contributed by atoms with Gasteiger partial charge in [0, 0.05) is 11.6 Å². The molecule has 0 radical (unpaired) electrons. The third-order valence-corrected chi connectivity index (χ3v) is 4.20. The Balaban J connectivity index is 2.30. The molecule has 5 heteroatoms. The summed E-state index contributed by atoms with van der Waals surface area (Å²) >= 11 is 6.16. The zero-order valence-electron chi connectivity index (χ0n) is 12.8. The van der Waals surface area contributed by atoms with Crippen molar-refractivity contribution in [3.63, 3.8) is 0 Å². The van der Waals surface area contributed by atoms with Crippen LogP contribution in [0.4, 0.5) is 0 Å². The molecule has 2 atom stereocenters. The standard InChI is InChI=1S/C16H21ClN2O2/c1-10-14(20)18-13(16(2,3)4)15(21)19(10)9-11-7-5-6-8-12(11)17/h5-8,10,13H,9H2,1-4H3,(H,18,20). The molecule has 1 N–H and O–H groups in total. The van der Waals surface area contributed by atoms with Crippen LogP contribution in [-0.2, 0) is 16.1 Å². The lowest BCUT2D eigenvalue weighted by Crippen LogP contribution is -2.65. The predicted octanol–water partition coefficient (Wildman–Crippen LogP) is 2.60. The second-order valence-corrected chi connectivity index (χ2v) is 6.95. The summed E-state index contributed by atoms with van der Waals surface area (Å²) in [6.45, 7) is 7.92. The second-order valence-electron chi connectivity index (χ2n) is 6.54. The third-order valence-electron chi connectivity index (χ3n) is 3.83. The maximum atomic E-state index is 12.7. The minimum Gasteiger partial charge on any atom is -0.342 e. The fraction of sp³-hybridized carbons (Fsp3) is 0.500. The Kier molecular flexibility index (Phi) is 4.28. The summed E-state index contributed by atoms with van der Waals surface area (Å²) in [6.07, 6.45) is 0. The SMILES string of the molecule is CC1C(=O)NC(C(C)(C)C)C(=O)N1Cc1ccccc1Cl. The minimum absolute atomic E-state index is 0.0606. The number of halogens is 1. The first kappa shape index (κ1) is 15.8. The van der Waals surface area contributed by atoms with Crippen LogP contribution in [0.5, 0.6) is 0 Å². The number of piperazine rings is 1. The molecular weight excluding hydrogens is 288 g/mol. The van der Waals surface area contributed by atoms with Crippen LogP contribution in [0.25, 0.3) is 0 Å². The largest absolute Gasteiger partial charge is 0.342 e. The molecule has 0 aliphatic carbocycles. The van der Waals surface area contributed by atoms with Gasteiger partial charge >= 0.3 is 0 Å². The van der Waals surface area contributed by atoms with Gasteiger partial charge in [-0.05, 0) is 24.0 Å². The van der Waals surface area contributed by atoms with E-state index in [1.807, 2.05) is 39.0 Å². The zero-order valence-corrected chi connectivity index (χ0v) is 13.6. The molecule has 0 aromatic heterocycles. The molecule has 1 fully saturated rings. The van der Waals surface area contributed by atoms with E-state index in [0.717, 1.165) is 5.56 Å². The van der Waals surface area contributed by atoms with Gasteiger partial charge in [0.25, 0.3) is 0 Å².